The van der Waals surface area contributed by atoms with Crippen LogP contribution in [0, 0.1) is 5.92 Å². The summed E-state index contributed by atoms with van der Waals surface area (Å²) < 4.78 is 0. The fraction of sp³-hybridized carbons (Fsp3) is 0.545. The van der Waals surface area contributed by atoms with Crippen molar-refractivity contribution in [2.24, 2.45) is 5.92 Å². The Labute approximate surface area is 104 Å². The Morgan fingerprint density at radius 3 is 2.89 bits per heavy atom. The van der Waals surface area contributed by atoms with Gasteiger partial charge in [-0.3, -0.25) is 9.89 Å². The summed E-state index contributed by atoms with van der Waals surface area (Å²) in [5, 5.41) is 20.6. The monoisotopic (exact) mass is 252 g/mol. The Morgan fingerprint density at radius 2 is 2.33 bits per heavy atom. The van der Waals surface area contributed by atoms with Gasteiger partial charge >= 0.3 is 12.0 Å². The summed E-state index contributed by atoms with van der Waals surface area (Å²) in [5.74, 6) is -0.581. The number of carboxylic acids is 1. The highest BCUT2D eigenvalue weighted by Crippen LogP contribution is 2.33. The molecule has 18 heavy (non-hydrogen) atoms. The van der Waals surface area contributed by atoms with Crippen molar-refractivity contribution in [3.8, 4) is 0 Å². The van der Waals surface area contributed by atoms with Gasteiger partial charge < -0.3 is 15.7 Å². The molecule has 1 aromatic heterocycles. The molecule has 2 rings (SSSR count). The van der Waals surface area contributed by atoms with Gasteiger partial charge in [0.2, 0.25) is 0 Å². The number of carbonyl (C=O) groups is 2. The minimum absolute atomic E-state index is 0.0240. The summed E-state index contributed by atoms with van der Waals surface area (Å²) in [6.45, 7) is 0.368. The second-order valence-corrected chi connectivity index (χ2v) is 4.48. The minimum atomic E-state index is -0.887. The van der Waals surface area contributed by atoms with Crippen LogP contribution in [0.5, 0.6) is 0 Å². The fourth-order valence-corrected chi connectivity index (χ4v) is 1.80. The van der Waals surface area contributed by atoms with Crippen LogP contribution in [0.2, 0.25) is 0 Å². The molecule has 7 nitrogen and oxygen atoms in total. The molecule has 1 heterocycles. The summed E-state index contributed by atoms with van der Waals surface area (Å²) in [5.41, 5.74) is 0.867. The molecule has 0 bridgehead atoms. The van der Waals surface area contributed by atoms with E-state index in [1.807, 2.05) is 0 Å². The molecule has 2 amide bonds. The van der Waals surface area contributed by atoms with Crippen LogP contribution in [-0.2, 0) is 11.3 Å². The normalized spacial score (nSPS) is 16.0. The van der Waals surface area contributed by atoms with Crippen LogP contribution in [-0.4, -0.2) is 33.3 Å². The van der Waals surface area contributed by atoms with Gasteiger partial charge in [-0.15, -0.1) is 0 Å². The second kappa shape index (κ2) is 5.52. The number of nitrogens with zero attached hydrogens (tertiary/aromatic N) is 1. The largest absolute Gasteiger partial charge is 0.481 e. The van der Waals surface area contributed by atoms with E-state index in [4.69, 9.17) is 5.11 Å². The number of nitrogens with one attached hydrogen (secondary N) is 3. The van der Waals surface area contributed by atoms with Crippen molar-refractivity contribution < 1.29 is 14.7 Å². The Kier molecular flexibility index (Phi) is 3.81. The molecular formula is C11H16N4O3. The average Bonchev–Trinajstić information content (AvgIpc) is 3.02. The molecular weight excluding hydrogens is 236 g/mol. The van der Waals surface area contributed by atoms with Crippen LogP contribution in [0.25, 0.3) is 0 Å². The Balaban J connectivity index is 1.76. The highest BCUT2D eigenvalue weighted by Gasteiger charge is 2.33. The standard InChI is InChI=1S/C11H16N4O3/c16-10(17)3-9(8-1-2-8)15-11(18)12-4-7-5-13-14-6-7/h5-6,8-9H,1-4H2,(H,13,14)(H,16,17)(H2,12,15,18). The molecule has 1 unspecified atom stereocenters. The van der Waals surface area contributed by atoms with Crippen molar-refractivity contribution >= 4 is 12.0 Å². The first kappa shape index (κ1) is 12.4. The van der Waals surface area contributed by atoms with Gasteiger partial charge in [-0.25, -0.2) is 4.79 Å². The molecule has 1 aliphatic carbocycles. The van der Waals surface area contributed by atoms with E-state index in [2.05, 4.69) is 20.8 Å². The molecule has 1 aromatic rings. The SMILES string of the molecule is O=C(O)CC(NC(=O)NCc1cn[nH]c1)C1CC1. The van der Waals surface area contributed by atoms with Gasteiger partial charge in [0.15, 0.2) is 0 Å². The first-order chi connectivity index (χ1) is 8.65. The number of rotatable bonds is 6. The molecule has 4 N–H and O–H groups in total. The molecule has 98 valence electrons. The second-order valence-electron chi connectivity index (χ2n) is 4.48. The molecule has 0 aliphatic heterocycles. The molecule has 0 aromatic carbocycles. The van der Waals surface area contributed by atoms with E-state index in [0.717, 1.165) is 18.4 Å². The Morgan fingerprint density at radius 1 is 1.56 bits per heavy atom. The summed E-state index contributed by atoms with van der Waals surface area (Å²) in [6, 6.07) is -0.610. The number of H-pyrrole nitrogens is 1. The number of carboxylic acid groups (broad SMARTS) is 1. The molecule has 1 aliphatic rings. The van der Waals surface area contributed by atoms with Crippen LogP contribution in [0.4, 0.5) is 4.79 Å². The first-order valence-corrected chi connectivity index (χ1v) is 5.89. The van der Waals surface area contributed by atoms with E-state index in [1.54, 1.807) is 12.4 Å². The smallest absolute Gasteiger partial charge is 0.315 e. The van der Waals surface area contributed by atoms with Crippen molar-refractivity contribution in [2.75, 3.05) is 0 Å². The third-order valence-electron chi connectivity index (χ3n) is 2.91. The van der Waals surface area contributed by atoms with Gasteiger partial charge in [0.1, 0.15) is 0 Å². The van der Waals surface area contributed by atoms with E-state index in [0.29, 0.717) is 12.5 Å². The van der Waals surface area contributed by atoms with Crippen molar-refractivity contribution in [2.45, 2.75) is 31.8 Å². The van der Waals surface area contributed by atoms with Crippen molar-refractivity contribution in [1.29, 1.82) is 0 Å². The molecule has 7 heteroatoms. The predicted molar refractivity (Wildman–Crippen MR) is 62.7 cm³/mol. The molecule has 0 radical (unpaired) electrons. The summed E-state index contributed by atoms with van der Waals surface area (Å²) >= 11 is 0. The minimum Gasteiger partial charge on any atom is -0.481 e. The Bertz CT molecular complexity index is 414. The first-order valence-electron chi connectivity index (χ1n) is 5.89. The van der Waals surface area contributed by atoms with Crippen LogP contribution in [0.1, 0.15) is 24.8 Å². The number of carbonyl (C=O) groups excluding carboxylic acids is 1. The maximum absolute atomic E-state index is 11.6. The molecule has 0 saturated heterocycles. The molecule has 1 fully saturated rings. The number of urea groups is 1. The van der Waals surface area contributed by atoms with Crippen molar-refractivity contribution in [1.82, 2.24) is 20.8 Å². The zero-order chi connectivity index (χ0) is 13.0. The van der Waals surface area contributed by atoms with E-state index in [1.165, 1.54) is 0 Å². The van der Waals surface area contributed by atoms with E-state index in [-0.39, 0.29) is 18.5 Å². The van der Waals surface area contributed by atoms with Gasteiger partial charge in [0.05, 0.1) is 12.6 Å². The summed E-state index contributed by atoms with van der Waals surface area (Å²) in [7, 11) is 0. The topological polar surface area (TPSA) is 107 Å². The lowest BCUT2D eigenvalue weighted by molar-refractivity contribution is -0.137. The lowest BCUT2D eigenvalue weighted by Crippen LogP contribution is -2.43. The number of hydrogen-bond acceptors (Lipinski definition) is 3. The van der Waals surface area contributed by atoms with Crippen molar-refractivity contribution in [3.05, 3.63) is 18.0 Å². The number of aromatic amines is 1. The molecule has 0 spiro atoms. The van der Waals surface area contributed by atoms with Crippen LogP contribution in [0.15, 0.2) is 12.4 Å². The zero-order valence-corrected chi connectivity index (χ0v) is 9.85. The highest BCUT2D eigenvalue weighted by molar-refractivity contribution is 5.75. The van der Waals surface area contributed by atoms with Gasteiger partial charge in [0.25, 0.3) is 0 Å². The summed E-state index contributed by atoms with van der Waals surface area (Å²) in [4.78, 5) is 22.3. The number of hydrogen-bond donors (Lipinski definition) is 4. The fourth-order valence-electron chi connectivity index (χ4n) is 1.80. The van der Waals surface area contributed by atoms with Gasteiger partial charge in [-0.1, -0.05) is 0 Å². The van der Waals surface area contributed by atoms with Gasteiger partial charge in [0, 0.05) is 24.3 Å². The van der Waals surface area contributed by atoms with E-state index in [9.17, 15) is 9.59 Å². The van der Waals surface area contributed by atoms with Gasteiger partial charge in [-0.2, -0.15) is 5.10 Å². The molecule has 1 atom stereocenters. The third-order valence-corrected chi connectivity index (χ3v) is 2.91. The lowest BCUT2D eigenvalue weighted by atomic mass is 10.1. The Hall–Kier alpha value is -2.05. The number of aliphatic carboxylic acids is 1. The van der Waals surface area contributed by atoms with E-state index >= 15 is 0 Å². The lowest BCUT2D eigenvalue weighted by Gasteiger charge is -2.16. The number of amides is 2. The quantitative estimate of drug-likeness (QED) is 0.590. The predicted octanol–water partition coefficient (Wildman–Crippen LogP) is 0.462. The maximum Gasteiger partial charge on any atom is 0.315 e. The van der Waals surface area contributed by atoms with Gasteiger partial charge in [-0.05, 0) is 18.8 Å². The average molecular weight is 252 g/mol. The number of aromatic nitrogens is 2. The highest BCUT2D eigenvalue weighted by atomic mass is 16.4. The maximum atomic E-state index is 11.6. The molecule has 1 saturated carbocycles. The van der Waals surface area contributed by atoms with Crippen LogP contribution < -0.4 is 10.6 Å². The van der Waals surface area contributed by atoms with Crippen LogP contribution >= 0.6 is 0 Å². The van der Waals surface area contributed by atoms with Crippen molar-refractivity contribution in [3.63, 3.8) is 0 Å². The van der Waals surface area contributed by atoms with Crippen LogP contribution in [0.3, 0.4) is 0 Å². The summed E-state index contributed by atoms with van der Waals surface area (Å²) in [6.07, 6.45) is 5.26. The third kappa shape index (κ3) is 3.76. The zero-order valence-electron chi connectivity index (χ0n) is 9.85. The van der Waals surface area contributed by atoms with E-state index < -0.39 is 5.97 Å².